The Morgan fingerprint density at radius 2 is 1.79 bits per heavy atom. The van der Waals surface area contributed by atoms with E-state index in [2.05, 4.69) is 11.9 Å². The second-order valence-electron chi connectivity index (χ2n) is 6.52. The van der Waals surface area contributed by atoms with Gasteiger partial charge in [0.25, 0.3) is 17.7 Å². The summed E-state index contributed by atoms with van der Waals surface area (Å²) in [4.78, 5) is 50.2. The van der Waals surface area contributed by atoms with E-state index in [0.717, 1.165) is 10.5 Å². The molecule has 1 N–H and O–H groups in total. The number of fused-ring (bicyclic) bond motifs is 1. The molecule has 0 unspecified atom stereocenters. The number of rotatable bonds is 7. The van der Waals surface area contributed by atoms with Crippen LogP contribution in [-0.2, 0) is 16.1 Å². The van der Waals surface area contributed by atoms with Crippen molar-refractivity contribution in [1.29, 1.82) is 0 Å². The molecule has 0 aliphatic carbocycles. The van der Waals surface area contributed by atoms with Crippen molar-refractivity contribution in [3.05, 3.63) is 83.4 Å². The fourth-order valence-electron chi connectivity index (χ4n) is 2.92. The molecule has 0 spiro atoms. The number of nitrogens with zero attached hydrogens (tertiary/aromatic N) is 1. The number of esters is 1. The Kier molecular flexibility index (Phi) is 5.87. The molecule has 7 heteroatoms. The van der Waals surface area contributed by atoms with Gasteiger partial charge in [-0.3, -0.25) is 19.3 Å². The van der Waals surface area contributed by atoms with Crippen molar-refractivity contribution >= 4 is 23.7 Å². The van der Waals surface area contributed by atoms with Crippen LogP contribution in [0.2, 0.25) is 0 Å². The average Bonchev–Trinajstić information content (AvgIpc) is 2.97. The lowest BCUT2D eigenvalue weighted by molar-refractivity contribution is -0.129. The van der Waals surface area contributed by atoms with Crippen molar-refractivity contribution in [3.8, 4) is 0 Å². The van der Waals surface area contributed by atoms with Gasteiger partial charge in [0.15, 0.2) is 6.10 Å². The zero-order valence-corrected chi connectivity index (χ0v) is 15.9. The van der Waals surface area contributed by atoms with Crippen LogP contribution >= 0.6 is 0 Å². The molecule has 3 rings (SSSR count). The highest BCUT2D eigenvalue weighted by Gasteiger charge is 2.35. The third-order valence-electron chi connectivity index (χ3n) is 4.48. The number of benzene rings is 2. The second-order valence-corrected chi connectivity index (χ2v) is 6.52. The zero-order valence-electron chi connectivity index (χ0n) is 15.9. The van der Waals surface area contributed by atoms with E-state index in [-0.39, 0.29) is 23.2 Å². The van der Waals surface area contributed by atoms with Gasteiger partial charge in [0, 0.05) is 13.1 Å². The maximum atomic E-state index is 12.4. The van der Waals surface area contributed by atoms with Crippen molar-refractivity contribution in [3.63, 3.8) is 0 Å². The van der Waals surface area contributed by atoms with Crippen molar-refractivity contribution in [2.75, 3.05) is 6.54 Å². The van der Waals surface area contributed by atoms with Crippen LogP contribution in [0.25, 0.3) is 0 Å². The van der Waals surface area contributed by atoms with Gasteiger partial charge in [-0.05, 0) is 30.7 Å². The van der Waals surface area contributed by atoms with Gasteiger partial charge < -0.3 is 10.1 Å². The number of hydrogen-bond donors (Lipinski definition) is 1. The van der Waals surface area contributed by atoms with Gasteiger partial charge >= 0.3 is 5.97 Å². The molecule has 1 heterocycles. The van der Waals surface area contributed by atoms with Gasteiger partial charge in [-0.2, -0.15) is 0 Å². The molecule has 0 aromatic heterocycles. The summed E-state index contributed by atoms with van der Waals surface area (Å²) in [6, 6.07) is 13.5. The van der Waals surface area contributed by atoms with Gasteiger partial charge in [0.2, 0.25) is 0 Å². The molecule has 148 valence electrons. The first kappa shape index (κ1) is 20.0. The normalized spacial score (nSPS) is 13.6. The van der Waals surface area contributed by atoms with Crippen molar-refractivity contribution < 1.29 is 23.9 Å². The van der Waals surface area contributed by atoms with Gasteiger partial charge in [-0.25, -0.2) is 4.79 Å². The van der Waals surface area contributed by atoms with Crippen LogP contribution in [0.3, 0.4) is 0 Å². The Labute approximate surface area is 168 Å². The molecule has 2 aromatic carbocycles. The molecule has 3 amide bonds. The lowest BCUT2D eigenvalue weighted by Gasteiger charge is -2.14. The predicted molar refractivity (Wildman–Crippen MR) is 105 cm³/mol. The van der Waals surface area contributed by atoms with E-state index in [1.54, 1.807) is 0 Å². The number of imide groups is 1. The van der Waals surface area contributed by atoms with Crippen LogP contribution in [0.15, 0.2) is 61.2 Å². The number of hydrogen-bond acceptors (Lipinski definition) is 5. The monoisotopic (exact) mass is 392 g/mol. The molecule has 0 bridgehead atoms. The van der Waals surface area contributed by atoms with E-state index >= 15 is 0 Å². The molecular formula is C22H20N2O5. The first-order valence-corrected chi connectivity index (χ1v) is 9.06. The van der Waals surface area contributed by atoms with Crippen LogP contribution in [0.1, 0.15) is 43.6 Å². The summed E-state index contributed by atoms with van der Waals surface area (Å²) >= 11 is 0. The Bertz CT molecular complexity index is 984. The second kappa shape index (κ2) is 8.52. The topological polar surface area (TPSA) is 92.8 Å². The van der Waals surface area contributed by atoms with Crippen molar-refractivity contribution in [2.45, 2.75) is 19.6 Å². The van der Waals surface area contributed by atoms with Crippen LogP contribution in [-0.4, -0.2) is 41.2 Å². The molecule has 1 aliphatic rings. The summed E-state index contributed by atoms with van der Waals surface area (Å²) < 4.78 is 5.21. The molecule has 1 atom stereocenters. The van der Waals surface area contributed by atoms with Crippen LogP contribution in [0.5, 0.6) is 0 Å². The summed E-state index contributed by atoms with van der Waals surface area (Å²) in [7, 11) is 0. The van der Waals surface area contributed by atoms with Gasteiger partial charge in [0.1, 0.15) is 0 Å². The maximum absolute atomic E-state index is 12.4. The maximum Gasteiger partial charge on any atom is 0.338 e. The summed E-state index contributed by atoms with van der Waals surface area (Å²) in [5, 5.41) is 2.70. The molecule has 2 aromatic rings. The molecule has 1 aliphatic heterocycles. The van der Waals surface area contributed by atoms with Gasteiger partial charge in [-0.15, -0.1) is 6.58 Å². The quantitative estimate of drug-likeness (QED) is 0.444. The minimum absolute atomic E-state index is 0.0880. The number of carbonyl (C=O) groups is 4. The van der Waals surface area contributed by atoms with Crippen LogP contribution in [0.4, 0.5) is 0 Å². The highest BCUT2D eigenvalue weighted by Crippen LogP contribution is 2.24. The lowest BCUT2D eigenvalue weighted by atomic mass is 10.1. The molecule has 0 radical (unpaired) electrons. The lowest BCUT2D eigenvalue weighted by Crippen LogP contribution is -2.35. The Morgan fingerprint density at radius 1 is 1.10 bits per heavy atom. The third kappa shape index (κ3) is 4.24. The molecule has 0 saturated carbocycles. The Balaban J connectivity index is 1.64. The number of nitrogens with one attached hydrogen (secondary N) is 1. The number of amides is 3. The summed E-state index contributed by atoms with van der Waals surface area (Å²) in [5.74, 6) is -2.11. The third-order valence-corrected chi connectivity index (χ3v) is 4.48. The van der Waals surface area contributed by atoms with Gasteiger partial charge in [-0.1, -0.05) is 36.4 Å². The number of carbonyl (C=O) groups excluding carboxylic acids is 4. The Hall–Kier alpha value is -3.74. The fraction of sp³-hybridized carbons (Fsp3) is 0.182. The van der Waals surface area contributed by atoms with E-state index < -0.39 is 29.8 Å². The minimum Gasteiger partial charge on any atom is -0.449 e. The average molecular weight is 392 g/mol. The van der Waals surface area contributed by atoms with Crippen molar-refractivity contribution in [2.24, 2.45) is 0 Å². The molecule has 29 heavy (non-hydrogen) atoms. The summed E-state index contributed by atoms with van der Waals surface area (Å²) in [5.41, 5.74) is 1.37. The number of ether oxygens (including phenoxy) is 1. The van der Waals surface area contributed by atoms with Crippen LogP contribution < -0.4 is 5.32 Å². The van der Waals surface area contributed by atoms with E-state index in [1.165, 1.54) is 31.2 Å². The highest BCUT2D eigenvalue weighted by molar-refractivity contribution is 6.22. The molecule has 0 saturated heterocycles. The fourth-order valence-corrected chi connectivity index (χ4v) is 2.92. The molecular weight excluding hydrogens is 372 g/mol. The van der Waals surface area contributed by atoms with E-state index in [0.29, 0.717) is 6.54 Å². The first-order chi connectivity index (χ1) is 13.9. The van der Waals surface area contributed by atoms with E-state index in [1.807, 2.05) is 30.3 Å². The predicted octanol–water partition coefficient (Wildman–Crippen LogP) is 2.33. The summed E-state index contributed by atoms with van der Waals surface area (Å²) in [6.45, 7) is 5.40. The SMILES string of the molecule is C=CCN1C(=O)c2ccc(C(=O)O[C@@H](C)C(=O)NCc3ccccc3)cc2C1=O. The van der Waals surface area contributed by atoms with Gasteiger partial charge in [0.05, 0.1) is 16.7 Å². The van der Waals surface area contributed by atoms with E-state index in [9.17, 15) is 19.2 Å². The smallest absolute Gasteiger partial charge is 0.338 e. The molecule has 0 fully saturated rings. The largest absolute Gasteiger partial charge is 0.449 e. The molecule has 7 nitrogen and oxygen atoms in total. The Morgan fingerprint density at radius 3 is 2.48 bits per heavy atom. The van der Waals surface area contributed by atoms with E-state index in [4.69, 9.17) is 4.74 Å². The standard InChI is InChI=1S/C22H20N2O5/c1-3-11-24-20(26)17-10-9-16(12-18(17)21(24)27)22(28)29-14(2)19(25)23-13-15-7-5-4-6-8-15/h3-10,12,14H,1,11,13H2,2H3,(H,23,25)/t14-/m0/s1. The highest BCUT2D eigenvalue weighted by atomic mass is 16.5. The minimum atomic E-state index is -1.02. The first-order valence-electron chi connectivity index (χ1n) is 9.06. The van der Waals surface area contributed by atoms with Crippen LogP contribution in [0, 0.1) is 0 Å². The van der Waals surface area contributed by atoms with Crippen molar-refractivity contribution in [1.82, 2.24) is 10.2 Å². The zero-order chi connectivity index (χ0) is 21.0. The summed E-state index contributed by atoms with van der Waals surface area (Å²) in [6.07, 6.45) is 0.432.